The molecule has 0 aromatic rings. The van der Waals surface area contributed by atoms with E-state index in [1.807, 2.05) is 24.3 Å². The average Bonchev–Trinajstić information content (AvgIpc) is 2.38. The van der Waals surface area contributed by atoms with Crippen LogP contribution < -0.4 is 0 Å². The van der Waals surface area contributed by atoms with Crippen LogP contribution in [0.15, 0.2) is 49.6 Å². The van der Waals surface area contributed by atoms with Crippen LogP contribution in [-0.4, -0.2) is 23.4 Å². The Labute approximate surface area is 112 Å². The summed E-state index contributed by atoms with van der Waals surface area (Å²) in [4.78, 5) is 0. The van der Waals surface area contributed by atoms with E-state index in [2.05, 4.69) is 25.3 Å². The predicted octanol–water partition coefficient (Wildman–Crippen LogP) is 4.50. The summed E-state index contributed by atoms with van der Waals surface area (Å²) in [6.07, 6.45) is 18.6. The summed E-state index contributed by atoms with van der Waals surface area (Å²) in [6, 6.07) is 0. The van der Waals surface area contributed by atoms with E-state index < -0.39 is 0 Å². The smallest absolute Gasteiger partial charge is 0.0422 e. The Bertz CT molecular complexity index is 230. The van der Waals surface area contributed by atoms with E-state index in [-0.39, 0.29) is 0 Å². The predicted molar refractivity (Wildman–Crippen MR) is 79.7 cm³/mol. The molecule has 2 heteroatoms. The number of unbranched alkanes of at least 4 members (excludes halogenated alkanes) is 4. The molecule has 0 rings (SSSR count). The van der Waals surface area contributed by atoms with Crippen molar-refractivity contribution >= 4 is 0 Å². The van der Waals surface area contributed by atoms with Crippen LogP contribution in [0.3, 0.4) is 0 Å². The third-order valence-corrected chi connectivity index (χ3v) is 2.52. The Morgan fingerprint density at radius 3 is 1.56 bits per heavy atom. The molecule has 0 bridgehead atoms. The standard InChI is InChI=1S/C16H27NO/c1-3-5-7-9-11-13-15-17(18)16-14-12-10-8-6-4-2/h3-4,11-14,18H,1-2,5-10,15-16H2. The summed E-state index contributed by atoms with van der Waals surface area (Å²) in [7, 11) is 0. The van der Waals surface area contributed by atoms with Gasteiger partial charge in [0.05, 0.1) is 0 Å². The quantitative estimate of drug-likeness (QED) is 0.313. The fourth-order valence-corrected chi connectivity index (χ4v) is 1.46. The molecule has 0 heterocycles. The van der Waals surface area contributed by atoms with Crippen molar-refractivity contribution in [3.63, 3.8) is 0 Å². The summed E-state index contributed by atoms with van der Waals surface area (Å²) in [5.74, 6) is 0. The minimum absolute atomic E-state index is 0.588. The third-order valence-electron chi connectivity index (χ3n) is 2.52. The van der Waals surface area contributed by atoms with Crippen molar-refractivity contribution in [3.8, 4) is 0 Å². The van der Waals surface area contributed by atoms with Crippen LogP contribution >= 0.6 is 0 Å². The highest BCUT2D eigenvalue weighted by molar-refractivity contribution is 4.88. The fourth-order valence-electron chi connectivity index (χ4n) is 1.46. The maximum Gasteiger partial charge on any atom is 0.0422 e. The number of hydrogen-bond donors (Lipinski definition) is 1. The topological polar surface area (TPSA) is 23.5 Å². The lowest BCUT2D eigenvalue weighted by atomic mass is 10.2. The van der Waals surface area contributed by atoms with E-state index in [4.69, 9.17) is 0 Å². The Balaban J connectivity index is 3.43. The molecule has 0 aromatic carbocycles. The van der Waals surface area contributed by atoms with Crippen LogP contribution in [-0.2, 0) is 0 Å². The normalized spacial score (nSPS) is 11.7. The first-order valence-electron chi connectivity index (χ1n) is 6.77. The second kappa shape index (κ2) is 13.9. The van der Waals surface area contributed by atoms with E-state index >= 15 is 0 Å². The summed E-state index contributed by atoms with van der Waals surface area (Å²) < 4.78 is 0. The molecule has 0 unspecified atom stereocenters. The van der Waals surface area contributed by atoms with E-state index in [1.165, 1.54) is 5.06 Å². The monoisotopic (exact) mass is 249 g/mol. The van der Waals surface area contributed by atoms with Gasteiger partial charge in [-0.1, -0.05) is 36.5 Å². The van der Waals surface area contributed by atoms with Gasteiger partial charge in [0.15, 0.2) is 0 Å². The van der Waals surface area contributed by atoms with Crippen LogP contribution in [0.2, 0.25) is 0 Å². The van der Waals surface area contributed by atoms with E-state index in [0.29, 0.717) is 13.1 Å². The van der Waals surface area contributed by atoms with Gasteiger partial charge in [0.25, 0.3) is 0 Å². The third kappa shape index (κ3) is 12.9. The number of hydroxylamine groups is 2. The highest BCUT2D eigenvalue weighted by Crippen LogP contribution is 1.98. The summed E-state index contributed by atoms with van der Waals surface area (Å²) in [5, 5.41) is 10.9. The molecule has 0 atom stereocenters. The molecule has 1 N–H and O–H groups in total. The van der Waals surface area contributed by atoms with Crippen LogP contribution in [0, 0.1) is 0 Å². The second-order valence-corrected chi connectivity index (χ2v) is 4.25. The lowest BCUT2D eigenvalue weighted by Gasteiger charge is -2.08. The largest absolute Gasteiger partial charge is 0.313 e. The zero-order valence-corrected chi connectivity index (χ0v) is 11.4. The molecule has 0 saturated carbocycles. The molecule has 0 fully saturated rings. The van der Waals surface area contributed by atoms with Gasteiger partial charge < -0.3 is 5.21 Å². The fraction of sp³-hybridized carbons (Fsp3) is 0.500. The Morgan fingerprint density at radius 1 is 0.722 bits per heavy atom. The van der Waals surface area contributed by atoms with Gasteiger partial charge in [-0.25, -0.2) is 0 Å². The molecule has 2 nitrogen and oxygen atoms in total. The minimum atomic E-state index is 0.588. The van der Waals surface area contributed by atoms with Crippen LogP contribution in [0.5, 0.6) is 0 Å². The molecule has 18 heavy (non-hydrogen) atoms. The van der Waals surface area contributed by atoms with Crippen molar-refractivity contribution in [2.45, 2.75) is 38.5 Å². The van der Waals surface area contributed by atoms with E-state index in [0.717, 1.165) is 38.5 Å². The van der Waals surface area contributed by atoms with Gasteiger partial charge >= 0.3 is 0 Å². The zero-order chi connectivity index (χ0) is 13.5. The first-order chi connectivity index (χ1) is 8.81. The highest BCUT2D eigenvalue weighted by Gasteiger charge is 1.92. The Morgan fingerprint density at radius 2 is 1.17 bits per heavy atom. The molecule has 0 aliphatic rings. The molecule has 0 spiro atoms. The van der Waals surface area contributed by atoms with Crippen molar-refractivity contribution in [3.05, 3.63) is 49.6 Å². The number of allylic oxidation sites excluding steroid dienone is 4. The molecule has 0 aromatic heterocycles. The minimum Gasteiger partial charge on any atom is -0.313 e. The van der Waals surface area contributed by atoms with Crippen molar-refractivity contribution in [1.82, 2.24) is 5.06 Å². The van der Waals surface area contributed by atoms with E-state index in [1.54, 1.807) is 0 Å². The molecular weight excluding hydrogens is 222 g/mol. The van der Waals surface area contributed by atoms with E-state index in [9.17, 15) is 5.21 Å². The second-order valence-electron chi connectivity index (χ2n) is 4.25. The van der Waals surface area contributed by atoms with Gasteiger partial charge in [0.1, 0.15) is 0 Å². The maximum absolute atomic E-state index is 9.55. The SMILES string of the molecule is C=CCCCC=CCN(O)CC=CCCCC=C. The highest BCUT2D eigenvalue weighted by atomic mass is 16.5. The number of hydrogen-bond acceptors (Lipinski definition) is 2. The molecular formula is C16H27NO. The van der Waals surface area contributed by atoms with Crippen LogP contribution in [0.25, 0.3) is 0 Å². The van der Waals surface area contributed by atoms with Crippen LogP contribution in [0.4, 0.5) is 0 Å². The first-order valence-corrected chi connectivity index (χ1v) is 6.77. The van der Waals surface area contributed by atoms with Gasteiger partial charge in [-0.2, -0.15) is 5.06 Å². The number of rotatable bonds is 12. The summed E-state index contributed by atoms with van der Waals surface area (Å²) >= 11 is 0. The van der Waals surface area contributed by atoms with Gasteiger partial charge in [-0.3, -0.25) is 0 Å². The molecule has 102 valence electrons. The summed E-state index contributed by atoms with van der Waals surface area (Å²) in [6.45, 7) is 8.54. The molecule has 0 amide bonds. The average molecular weight is 249 g/mol. The molecule has 0 radical (unpaired) electrons. The van der Waals surface area contributed by atoms with Gasteiger partial charge in [0, 0.05) is 13.1 Å². The van der Waals surface area contributed by atoms with Crippen molar-refractivity contribution in [2.24, 2.45) is 0 Å². The zero-order valence-electron chi connectivity index (χ0n) is 11.4. The molecule has 0 saturated heterocycles. The maximum atomic E-state index is 9.55. The Kier molecular flexibility index (Phi) is 13.1. The molecule has 0 aliphatic carbocycles. The van der Waals surface area contributed by atoms with Gasteiger partial charge in [-0.05, 0) is 38.5 Å². The summed E-state index contributed by atoms with van der Waals surface area (Å²) in [5.41, 5.74) is 0. The molecule has 0 aliphatic heterocycles. The first kappa shape index (κ1) is 16.9. The number of nitrogens with zero attached hydrogens (tertiary/aromatic N) is 1. The lowest BCUT2D eigenvalue weighted by Crippen LogP contribution is -2.18. The van der Waals surface area contributed by atoms with Crippen molar-refractivity contribution < 1.29 is 5.21 Å². The van der Waals surface area contributed by atoms with Crippen molar-refractivity contribution in [2.75, 3.05) is 13.1 Å². The van der Waals surface area contributed by atoms with Gasteiger partial charge in [0.2, 0.25) is 0 Å². The van der Waals surface area contributed by atoms with Crippen molar-refractivity contribution in [1.29, 1.82) is 0 Å². The lowest BCUT2D eigenvalue weighted by molar-refractivity contribution is -0.0693. The van der Waals surface area contributed by atoms with Crippen LogP contribution in [0.1, 0.15) is 38.5 Å². The van der Waals surface area contributed by atoms with Gasteiger partial charge in [-0.15, -0.1) is 13.2 Å². The Hall–Kier alpha value is -1.12.